The summed E-state index contributed by atoms with van der Waals surface area (Å²) in [7, 11) is 0. The lowest BCUT2D eigenvalue weighted by Crippen LogP contribution is -2.25. The van der Waals surface area contributed by atoms with Gasteiger partial charge in [0.2, 0.25) is 0 Å². The molecular weight excluding hydrogens is 245 g/mol. The summed E-state index contributed by atoms with van der Waals surface area (Å²) in [5.41, 5.74) is 6.68. The van der Waals surface area contributed by atoms with Crippen LogP contribution in [0.25, 0.3) is 0 Å². The van der Waals surface area contributed by atoms with Crippen LogP contribution in [0.2, 0.25) is 0 Å². The number of carbonyl (C=O) groups is 1. The molecule has 1 aromatic heterocycles. The molecule has 0 spiro atoms. The second-order valence-corrected chi connectivity index (χ2v) is 4.10. The lowest BCUT2D eigenvalue weighted by Gasteiger charge is -2.06. The molecule has 0 unspecified atom stereocenters. The largest absolute Gasteiger partial charge is 0.396 e. The Hall–Kier alpha value is -2.43. The molecule has 0 aliphatic carbocycles. The quantitative estimate of drug-likeness (QED) is 0.822. The first-order valence-electron chi connectivity index (χ1n) is 5.89. The van der Waals surface area contributed by atoms with E-state index in [1.165, 1.54) is 12.1 Å². The van der Waals surface area contributed by atoms with E-state index in [0.717, 1.165) is 11.6 Å². The second-order valence-electron chi connectivity index (χ2n) is 4.10. The summed E-state index contributed by atoms with van der Waals surface area (Å²) in [6, 6.07) is 7.78. The number of amides is 1. The standard InChI is InChI=1S/C14H14FN3O/c15-12-8-11(3-4-13(12)16)14(19)18-7-5-10-2-1-6-17-9-10/h1-4,6,8-9H,5,7,16H2,(H,18,19). The molecule has 2 rings (SSSR count). The predicted molar refractivity (Wildman–Crippen MR) is 71.1 cm³/mol. The molecule has 1 heterocycles. The average molecular weight is 259 g/mol. The van der Waals surface area contributed by atoms with Gasteiger partial charge in [-0.15, -0.1) is 0 Å². The Morgan fingerprint density at radius 1 is 1.37 bits per heavy atom. The molecule has 0 saturated carbocycles. The first-order valence-corrected chi connectivity index (χ1v) is 5.89. The Kier molecular flexibility index (Phi) is 4.07. The van der Waals surface area contributed by atoms with Gasteiger partial charge in [0.05, 0.1) is 5.69 Å². The van der Waals surface area contributed by atoms with Gasteiger partial charge in [-0.25, -0.2) is 4.39 Å². The summed E-state index contributed by atoms with van der Waals surface area (Å²) >= 11 is 0. The summed E-state index contributed by atoms with van der Waals surface area (Å²) < 4.78 is 13.2. The molecule has 0 atom stereocenters. The van der Waals surface area contributed by atoms with Crippen LogP contribution in [0.15, 0.2) is 42.7 Å². The van der Waals surface area contributed by atoms with Crippen LogP contribution in [0.3, 0.4) is 0 Å². The van der Waals surface area contributed by atoms with E-state index >= 15 is 0 Å². The van der Waals surface area contributed by atoms with Crippen molar-refractivity contribution in [3.8, 4) is 0 Å². The Labute approximate surface area is 110 Å². The first-order chi connectivity index (χ1) is 9.16. The summed E-state index contributed by atoms with van der Waals surface area (Å²) in [6.07, 6.45) is 4.12. The van der Waals surface area contributed by atoms with E-state index in [2.05, 4.69) is 10.3 Å². The van der Waals surface area contributed by atoms with Crippen LogP contribution in [-0.2, 0) is 6.42 Å². The van der Waals surface area contributed by atoms with Crippen molar-refractivity contribution in [2.45, 2.75) is 6.42 Å². The van der Waals surface area contributed by atoms with Crippen molar-refractivity contribution >= 4 is 11.6 Å². The van der Waals surface area contributed by atoms with E-state index < -0.39 is 5.82 Å². The van der Waals surface area contributed by atoms with Gasteiger partial charge in [0.1, 0.15) is 5.82 Å². The first kappa shape index (κ1) is 13.0. The minimum Gasteiger partial charge on any atom is -0.396 e. The third kappa shape index (κ3) is 3.51. The number of aromatic nitrogens is 1. The fraction of sp³-hybridized carbons (Fsp3) is 0.143. The summed E-state index contributed by atoms with van der Waals surface area (Å²) in [5.74, 6) is -0.900. The summed E-state index contributed by atoms with van der Waals surface area (Å²) in [4.78, 5) is 15.7. The molecule has 1 aromatic carbocycles. The maximum Gasteiger partial charge on any atom is 0.251 e. The number of hydrogen-bond acceptors (Lipinski definition) is 3. The molecule has 0 aliphatic heterocycles. The van der Waals surface area contributed by atoms with E-state index in [1.807, 2.05) is 12.1 Å². The average Bonchev–Trinajstić information content (AvgIpc) is 2.43. The second kappa shape index (κ2) is 5.95. The van der Waals surface area contributed by atoms with Crippen LogP contribution in [0.5, 0.6) is 0 Å². The number of nitrogens with two attached hydrogens (primary N) is 1. The zero-order valence-corrected chi connectivity index (χ0v) is 10.3. The molecule has 5 heteroatoms. The van der Waals surface area contributed by atoms with Gasteiger partial charge in [0.15, 0.2) is 0 Å². The molecule has 0 bridgehead atoms. The van der Waals surface area contributed by atoms with E-state index in [0.29, 0.717) is 13.0 Å². The lowest BCUT2D eigenvalue weighted by atomic mass is 10.1. The third-order valence-corrected chi connectivity index (χ3v) is 2.68. The highest BCUT2D eigenvalue weighted by Crippen LogP contribution is 2.11. The number of pyridine rings is 1. The number of anilines is 1. The van der Waals surface area contributed by atoms with E-state index in [1.54, 1.807) is 12.4 Å². The van der Waals surface area contributed by atoms with Gasteiger partial charge in [-0.2, -0.15) is 0 Å². The Morgan fingerprint density at radius 2 is 2.21 bits per heavy atom. The molecule has 19 heavy (non-hydrogen) atoms. The topological polar surface area (TPSA) is 68.0 Å². The monoisotopic (exact) mass is 259 g/mol. The van der Waals surface area contributed by atoms with Crippen molar-refractivity contribution in [2.24, 2.45) is 0 Å². The van der Waals surface area contributed by atoms with E-state index in [-0.39, 0.29) is 17.2 Å². The molecule has 4 nitrogen and oxygen atoms in total. The van der Waals surface area contributed by atoms with Crippen molar-refractivity contribution in [2.75, 3.05) is 12.3 Å². The van der Waals surface area contributed by atoms with Crippen LogP contribution in [0, 0.1) is 5.82 Å². The van der Waals surface area contributed by atoms with Crippen LogP contribution in [-0.4, -0.2) is 17.4 Å². The molecule has 2 aromatic rings. The van der Waals surface area contributed by atoms with Crippen molar-refractivity contribution in [3.05, 3.63) is 59.7 Å². The maximum absolute atomic E-state index is 13.2. The molecule has 0 radical (unpaired) electrons. The maximum atomic E-state index is 13.2. The zero-order valence-electron chi connectivity index (χ0n) is 10.3. The molecule has 0 fully saturated rings. The number of nitrogens with zero attached hydrogens (tertiary/aromatic N) is 1. The number of nitrogens with one attached hydrogen (secondary N) is 1. The van der Waals surface area contributed by atoms with Crippen molar-refractivity contribution in [3.63, 3.8) is 0 Å². The number of hydrogen-bond donors (Lipinski definition) is 2. The van der Waals surface area contributed by atoms with Crippen molar-refractivity contribution < 1.29 is 9.18 Å². The van der Waals surface area contributed by atoms with Gasteiger partial charge in [0.25, 0.3) is 5.91 Å². The summed E-state index contributed by atoms with van der Waals surface area (Å²) in [5, 5.41) is 2.72. The molecular formula is C14H14FN3O. The van der Waals surface area contributed by atoms with Gasteiger partial charge in [-0.1, -0.05) is 6.07 Å². The number of benzene rings is 1. The van der Waals surface area contributed by atoms with Gasteiger partial charge in [-0.3, -0.25) is 9.78 Å². The number of nitrogen functional groups attached to an aromatic ring is 1. The number of halogens is 1. The third-order valence-electron chi connectivity index (χ3n) is 2.68. The number of carbonyl (C=O) groups excluding carboxylic acids is 1. The smallest absolute Gasteiger partial charge is 0.251 e. The van der Waals surface area contributed by atoms with Gasteiger partial charge < -0.3 is 11.1 Å². The summed E-state index contributed by atoms with van der Waals surface area (Å²) in [6.45, 7) is 0.469. The Bertz CT molecular complexity index is 572. The highest BCUT2D eigenvalue weighted by Gasteiger charge is 2.07. The van der Waals surface area contributed by atoms with E-state index in [4.69, 9.17) is 5.73 Å². The van der Waals surface area contributed by atoms with Gasteiger partial charge in [0, 0.05) is 24.5 Å². The van der Waals surface area contributed by atoms with Crippen LogP contribution < -0.4 is 11.1 Å². The lowest BCUT2D eigenvalue weighted by molar-refractivity contribution is 0.0953. The highest BCUT2D eigenvalue weighted by atomic mass is 19.1. The zero-order chi connectivity index (χ0) is 13.7. The van der Waals surface area contributed by atoms with Crippen LogP contribution in [0.1, 0.15) is 15.9 Å². The fourth-order valence-electron chi connectivity index (χ4n) is 1.64. The molecule has 0 saturated heterocycles. The van der Waals surface area contributed by atoms with Gasteiger partial charge in [-0.05, 0) is 36.2 Å². The SMILES string of the molecule is Nc1ccc(C(=O)NCCc2cccnc2)cc1F. The van der Waals surface area contributed by atoms with Crippen LogP contribution in [0.4, 0.5) is 10.1 Å². The van der Waals surface area contributed by atoms with Crippen LogP contribution >= 0.6 is 0 Å². The Morgan fingerprint density at radius 3 is 2.89 bits per heavy atom. The van der Waals surface area contributed by atoms with Crippen molar-refractivity contribution in [1.82, 2.24) is 10.3 Å². The predicted octanol–water partition coefficient (Wildman–Crippen LogP) is 1.78. The normalized spacial score (nSPS) is 10.2. The van der Waals surface area contributed by atoms with E-state index in [9.17, 15) is 9.18 Å². The molecule has 1 amide bonds. The molecule has 0 aliphatic rings. The molecule has 3 N–H and O–H groups in total. The highest BCUT2D eigenvalue weighted by molar-refractivity contribution is 5.94. The fourth-order valence-corrected chi connectivity index (χ4v) is 1.64. The van der Waals surface area contributed by atoms with Gasteiger partial charge >= 0.3 is 0 Å². The Balaban J connectivity index is 1.89. The van der Waals surface area contributed by atoms with Crippen molar-refractivity contribution in [1.29, 1.82) is 0 Å². The molecule has 98 valence electrons. The minimum absolute atomic E-state index is 0.0342. The number of rotatable bonds is 4. The minimum atomic E-state index is -0.583.